The molecule has 4 atom stereocenters. The van der Waals surface area contributed by atoms with Gasteiger partial charge >= 0.3 is 0 Å². The Bertz CT molecular complexity index is 1560. The molecule has 10 N–H and O–H groups in total. The predicted octanol–water partition coefficient (Wildman–Crippen LogP) is -1.68. The summed E-state index contributed by atoms with van der Waals surface area (Å²) in [5, 5.41) is 40.9. The molecule has 45 heavy (non-hydrogen) atoms. The van der Waals surface area contributed by atoms with Crippen molar-refractivity contribution in [1.82, 2.24) is 20.9 Å². The number of nitrogens with one attached hydrogen (secondary N) is 3. The second-order valence-electron chi connectivity index (χ2n) is 12.2. The summed E-state index contributed by atoms with van der Waals surface area (Å²) in [5.74, 6) is -2.74. The van der Waals surface area contributed by atoms with Gasteiger partial charge in [0.25, 0.3) is 11.8 Å². The number of benzene rings is 2. The third kappa shape index (κ3) is 4.96. The van der Waals surface area contributed by atoms with Crippen molar-refractivity contribution in [3.63, 3.8) is 0 Å². The van der Waals surface area contributed by atoms with Gasteiger partial charge in [-0.25, -0.2) is 9.98 Å². The van der Waals surface area contributed by atoms with Gasteiger partial charge in [0.2, 0.25) is 5.79 Å². The molecule has 0 aliphatic carbocycles. The van der Waals surface area contributed by atoms with Gasteiger partial charge in [-0.05, 0) is 42.2 Å². The number of carbonyl (C=O) groups is 2. The summed E-state index contributed by atoms with van der Waals surface area (Å²) in [6.45, 7) is 4.44. The van der Waals surface area contributed by atoms with Gasteiger partial charge in [0, 0.05) is 24.2 Å². The number of hydrogen-bond donors (Lipinski definition) is 8. The Balaban J connectivity index is 1.21. The average Bonchev–Trinajstić information content (AvgIpc) is 3.48. The number of para-hydroxylation sites is 1. The zero-order valence-corrected chi connectivity index (χ0v) is 25.0. The van der Waals surface area contributed by atoms with Crippen LogP contribution in [0.4, 0.5) is 0 Å². The summed E-state index contributed by atoms with van der Waals surface area (Å²) in [7, 11) is 0. The standard InChI is InChI=1S/C30H38N8O7/c1-28(2)10-12-45-22-18(4-3-5-19(22)28)25(41)35-21-15-38-27(32)34-20(23-29(38,30(21,42)43)37-26(31)36-23)14-33-24(40)16-6-8-17(9-7-16)44-13-11-39/h3-9,20-21,23,39,42-43H,10-15H2,1-2H3,(H2,32,34)(H,33,40)(H,35,41)(H3,31,36,37)/t20-,21?,23?,29?/m0/s1. The van der Waals surface area contributed by atoms with Gasteiger partial charge in [-0.3, -0.25) is 9.59 Å². The lowest BCUT2D eigenvalue weighted by Gasteiger charge is -2.49. The van der Waals surface area contributed by atoms with E-state index >= 15 is 0 Å². The average molecular weight is 623 g/mol. The number of guanidine groups is 2. The molecular formula is C30H38N8O7. The molecule has 0 radical (unpaired) electrons. The number of hydrogen-bond acceptors (Lipinski definition) is 13. The van der Waals surface area contributed by atoms with Crippen molar-refractivity contribution in [1.29, 1.82) is 0 Å². The lowest BCUT2D eigenvalue weighted by atomic mass is 9.79. The first-order chi connectivity index (χ1) is 21.4. The summed E-state index contributed by atoms with van der Waals surface area (Å²) in [4.78, 5) is 37.0. The van der Waals surface area contributed by atoms with Crippen molar-refractivity contribution < 1.29 is 34.4 Å². The van der Waals surface area contributed by atoms with Crippen LogP contribution < -0.4 is 36.9 Å². The molecule has 2 aromatic carbocycles. The first-order valence-electron chi connectivity index (χ1n) is 14.8. The molecule has 3 unspecified atom stereocenters. The third-order valence-corrected chi connectivity index (χ3v) is 9.02. The molecule has 0 saturated carbocycles. The molecule has 15 heteroatoms. The quantitative estimate of drug-likeness (QED) is 0.155. The van der Waals surface area contributed by atoms with Crippen LogP contribution in [-0.2, 0) is 5.41 Å². The lowest BCUT2D eigenvalue weighted by Crippen LogP contribution is -2.78. The van der Waals surface area contributed by atoms with E-state index in [-0.39, 0.29) is 49.2 Å². The van der Waals surface area contributed by atoms with E-state index in [9.17, 15) is 19.8 Å². The fraction of sp³-hybridized carbons (Fsp3) is 0.467. The SMILES string of the molecule is CC1(C)CCOc2c(C(=O)NC3CN4C(N)=N[C@@H](CNC(=O)c5ccc(OCCO)cc5)C5N=C(N)NC54C3(O)O)cccc21. The van der Waals surface area contributed by atoms with E-state index < -0.39 is 41.4 Å². The van der Waals surface area contributed by atoms with Crippen molar-refractivity contribution in [3.05, 3.63) is 59.2 Å². The van der Waals surface area contributed by atoms with Gasteiger partial charge in [-0.15, -0.1) is 0 Å². The summed E-state index contributed by atoms with van der Waals surface area (Å²) in [6.07, 6.45) is 0.795. The topological polar surface area (TPSA) is 229 Å². The minimum atomic E-state index is -2.64. The Morgan fingerprint density at radius 1 is 1.13 bits per heavy atom. The van der Waals surface area contributed by atoms with E-state index in [1.807, 2.05) is 6.07 Å². The minimum absolute atomic E-state index is 0.0420. The van der Waals surface area contributed by atoms with Crippen molar-refractivity contribution in [2.75, 3.05) is 32.9 Å². The van der Waals surface area contributed by atoms with Gasteiger partial charge in [0.1, 0.15) is 30.2 Å². The van der Waals surface area contributed by atoms with Crippen LogP contribution in [0.15, 0.2) is 52.4 Å². The Labute approximate surface area is 259 Å². The Morgan fingerprint density at radius 3 is 2.62 bits per heavy atom. The van der Waals surface area contributed by atoms with Crippen LogP contribution in [0.5, 0.6) is 11.5 Å². The van der Waals surface area contributed by atoms with Gasteiger partial charge in [0.05, 0.1) is 24.8 Å². The Morgan fingerprint density at radius 2 is 1.89 bits per heavy atom. The molecule has 0 aromatic heterocycles. The third-order valence-electron chi connectivity index (χ3n) is 9.02. The van der Waals surface area contributed by atoms with Gasteiger partial charge in [0.15, 0.2) is 17.6 Å². The number of nitrogens with zero attached hydrogens (tertiary/aromatic N) is 3. The highest BCUT2D eigenvalue weighted by molar-refractivity contribution is 5.98. The number of amides is 2. The molecule has 4 aliphatic rings. The van der Waals surface area contributed by atoms with Crippen molar-refractivity contribution in [2.24, 2.45) is 21.5 Å². The summed E-state index contributed by atoms with van der Waals surface area (Å²) in [5.41, 5.74) is 12.0. The van der Waals surface area contributed by atoms with Crippen molar-refractivity contribution >= 4 is 23.7 Å². The number of aliphatic hydroxyl groups is 3. The zero-order valence-electron chi connectivity index (χ0n) is 25.0. The van der Waals surface area contributed by atoms with Crippen molar-refractivity contribution in [2.45, 2.75) is 55.3 Å². The van der Waals surface area contributed by atoms with E-state index in [0.717, 1.165) is 12.0 Å². The van der Waals surface area contributed by atoms with Crippen LogP contribution >= 0.6 is 0 Å². The molecule has 240 valence electrons. The molecule has 4 heterocycles. The molecule has 6 rings (SSSR count). The molecular weight excluding hydrogens is 584 g/mol. The van der Waals surface area contributed by atoms with E-state index in [1.54, 1.807) is 36.4 Å². The fourth-order valence-electron chi connectivity index (χ4n) is 6.60. The van der Waals surface area contributed by atoms with Crippen LogP contribution in [0.3, 0.4) is 0 Å². The number of fused-ring (bicyclic) bond motifs is 1. The highest BCUT2D eigenvalue weighted by Crippen LogP contribution is 2.45. The number of nitrogens with two attached hydrogens (primary N) is 2. The highest BCUT2D eigenvalue weighted by atomic mass is 16.5. The van der Waals surface area contributed by atoms with E-state index in [0.29, 0.717) is 23.7 Å². The van der Waals surface area contributed by atoms with Crippen LogP contribution in [0.2, 0.25) is 0 Å². The number of ether oxygens (including phenoxy) is 2. The minimum Gasteiger partial charge on any atom is -0.492 e. The molecule has 1 spiro atoms. The second kappa shape index (κ2) is 11.1. The molecule has 2 aromatic rings. The van der Waals surface area contributed by atoms with Crippen LogP contribution in [0.1, 0.15) is 46.5 Å². The van der Waals surface area contributed by atoms with Crippen molar-refractivity contribution in [3.8, 4) is 11.5 Å². The van der Waals surface area contributed by atoms with Gasteiger partial charge in [-0.2, -0.15) is 0 Å². The summed E-state index contributed by atoms with van der Waals surface area (Å²) < 4.78 is 11.2. The maximum atomic E-state index is 13.6. The van der Waals surface area contributed by atoms with E-state index in [1.165, 1.54) is 4.90 Å². The van der Waals surface area contributed by atoms with Crippen LogP contribution in [0.25, 0.3) is 0 Å². The molecule has 1 saturated heterocycles. The first kappa shape index (κ1) is 30.4. The van der Waals surface area contributed by atoms with Gasteiger partial charge < -0.3 is 57.1 Å². The van der Waals surface area contributed by atoms with E-state index in [2.05, 4.69) is 39.8 Å². The largest absolute Gasteiger partial charge is 0.492 e. The number of aliphatic hydroxyl groups excluding tert-OH is 1. The Hall–Kier alpha value is -4.60. The molecule has 1 fully saturated rings. The maximum Gasteiger partial charge on any atom is 0.255 e. The molecule has 2 amide bonds. The maximum absolute atomic E-state index is 13.6. The summed E-state index contributed by atoms with van der Waals surface area (Å²) in [6, 6.07) is 8.62. The molecule has 4 aliphatic heterocycles. The Kier molecular flexibility index (Phi) is 7.49. The normalized spacial score (nSPS) is 27.0. The molecule has 0 bridgehead atoms. The van der Waals surface area contributed by atoms with Crippen LogP contribution in [-0.4, -0.2) is 106 Å². The predicted molar refractivity (Wildman–Crippen MR) is 163 cm³/mol. The highest BCUT2D eigenvalue weighted by Gasteiger charge is 2.73. The monoisotopic (exact) mass is 622 g/mol. The zero-order chi connectivity index (χ0) is 32.1. The number of rotatable bonds is 8. The number of carbonyl (C=O) groups excluding carboxylic acids is 2. The van der Waals surface area contributed by atoms with Crippen LogP contribution in [0, 0.1) is 0 Å². The summed E-state index contributed by atoms with van der Waals surface area (Å²) >= 11 is 0. The fourth-order valence-corrected chi connectivity index (χ4v) is 6.60. The first-order valence-corrected chi connectivity index (χ1v) is 14.8. The molecule has 15 nitrogen and oxygen atoms in total. The van der Waals surface area contributed by atoms with Gasteiger partial charge in [-0.1, -0.05) is 26.0 Å². The van der Waals surface area contributed by atoms with E-state index in [4.69, 9.17) is 26.0 Å². The second-order valence-corrected chi connectivity index (χ2v) is 12.2. The lowest BCUT2D eigenvalue weighted by molar-refractivity contribution is -0.230. The number of aliphatic imine (C=N–C) groups is 2. The smallest absolute Gasteiger partial charge is 0.255 e.